The third-order valence-electron chi connectivity index (χ3n) is 9.95. The van der Waals surface area contributed by atoms with E-state index in [0.29, 0.717) is 5.60 Å². The van der Waals surface area contributed by atoms with Gasteiger partial charge in [0.15, 0.2) is 0 Å². The minimum absolute atomic E-state index is 0.398. The predicted molar refractivity (Wildman–Crippen MR) is 96.8 cm³/mol. The van der Waals surface area contributed by atoms with Gasteiger partial charge in [-0.05, 0) is 112 Å². The molecule has 134 valence electrons. The molecule has 1 nitrogen and oxygen atoms in total. The second-order valence-electron chi connectivity index (χ2n) is 11.0. The van der Waals surface area contributed by atoms with Gasteiger partial charge in [0.1, 0.15) is 0 Å². The standard InChI is InChI=1S/C23H36O/c1-2-6-21(7-3-8-21)19(5-1)20-14-17(15-22(20)10-11-22)13-18-16-23(18)9-4-12-24-23/h17-20H,1-16H2. The first-order valence-electron chi connectivity index (χ1n) is 11.4. The molecule has 0 N–H and O–H groups in total. The van der Waals surface area contributed by atoms with Crippen LogP contribution in [0.5, 0.6) is 0 Å². The fraction of sp³-hybridized carbons (Fsp3) is 1.00. The summed E-state index contributed by atoms with van der Waals surface area (Å²) < 4.78 is 6.14. The molecular formula is C23H36O. The summed E-state index contributed by atoms with van der Waals surface area (Å²) in [7, 11) is 0. The lowest BCUT2D eigenvalue weighted by Crippen LogP contribution is -2.44. The maximum absolute atomic E-state index is 6.14. The third kappa shape index (κ3) is 2.09. The fourth-order valence-corrected chi connectivity index (χ4v) is 8.40. The molecule has 24 heavy (non-hydrogen) atoms. The number of rotatable bonds is 3. The zero-order valence-corrected chi connectivity index (χ0v) is 15.5. The average molecular weight is 329 g/mol. The van der Waals surface area contributed by atoms with E-state index in [-0.39, 0.29) is 0 Å². The van der Waals surface area contributed by atoms with Crippen molar-refractivity contribution in [2.75, 3.05) is 6.61 Å². The lowest BCUT2D eigenvalue weighted by atomic mass is 9.51. The molecule has 5 unspecified atom stereocenters. The van der Waals surface area contributed by atoms with Gasteiger partial charge in [0.25, 0.3) is 0 Å². The summed E-state index contributed by atoms with van der Waals surface area (Å²) in [6.45, 7) is 1.05. The quantitative estimate of drug-likeness (QED) is 0.607. The molecule has 6 aliphatic rings. The van der Waals surface area contributed by atoms with Crippen molar-refractivity contribution < 1.29 is 4.74 Å². The van der Waals surface area contributed by atoms with Gasteiger partial charge in [-0.25, -0.2) is 0 Å². The molecule has 0 aromatic rings. The Bertz CT molecular complexity index is 508. The van der Waals surface area contributed by atoms with Crippen LogP contribution in [-0.4, -0.2) is 12.2 Å². The Balaban J connectivity index is 1.17. The van der Waals surface area contributed by atoms with Gasteiger partial charge in [0.05, 0.1) is 5.60 Å². The van der Waals surface area contributed by atoms with E-state index < -0.39 is 0 Å². The monoisotopic (exact) mass is 328 g/mol. The molecule has 0 aromatic carbocycles. The van der Waals surface area contributed by atoms with Gasteiger partial charge in [-0.2, -0.15) is 0 Å². The molecule has 5 saturated carbocycles. The Hall–Kier alpha value is -0.0400. The molecule has 5 aliphatic carbocycles. The minimum atomic E-state index is 0.398. The van der Waals surface area contributed by atoms with Crippen LogP contribution in [0.25, 0.3) is 0 Å². The molecule has 1 aliphatic heterocycles. The normalized spacial score (nSPS) is 50.5. The molecule has 6 rings (SSSR count). The van der Waals surface area contributed by atoms with Crippen molar-refractivity contribution in [2.45, 2.75) is 102 Å². The van der Waals surface area contributed by atoms with Gasteiger partial charge >= 0.3 is 0 Å². The van der Waals surface area contributed by atoms with Crippen LogP contribution in [0.2, 0.25) is 0 Å². The third-order valence-corrected chi connectivity index (χ3v) is 9.95. The molecule has 0 aromatic heterocycles. The van der Waals surface area contributed by atoms with Crippen molar-refractivity contribution in [3.8, 4) is 0 Å². The van der Waals surface area contributed by atoms with Crippen LogP contribution in [0, 0.1) is 34.5 Å². The second-order valence-corrected chi connectivity index (χ2v) is 11.0. The molecule has 0 radical (unpaired) electrons. The highest BCUT2D eigenvalue weighted by molar-refractivity contribution is 5.13. The van der Waals surface area contributed by atoms with Crippen molar-refractivity contribution in [3.05, 3.63) is 0 Å². The van der Waals surface area contributed by atoms with Crippen molar-refractivity contribution in [1.82, 2.24) is 0 Å². The van der Waals surface area contributed by atoms with E-state index in [4.69, 9.17) is 4.74 Å². The second kappa shape index (κ2) is 5.02. The number of ether oxygens (including phenoxy) is 1. The Kier molecular flexibility index (Phi) is 3.15. The van der Waals surface area contributed by atoms with E-state index in [1.165, 1.54) is 25.7 Å². The maximum Gasteiger partial charge on any atom is 0.0716 e. The van der Waals surface area contributed by atoms with E-state index in [1.54, 1.807) is 70.6 Å². The van der Waals surface area contributed by atoms with Crippen LogP contribution in [0.3, 0.4) is 0 Å². The van der Waals surface area contributed by atoms with Crippen LogP contribution >= 0.6 is 0 Å². The van der Waals surface area contributed by atoms with E-state index in [0.717, 1.165) is 41.1 Å². The molecule has 5 atom stereocenters. The molecule has 6 fully saturated rings. The van der Waals surface area contributed by atoms with Crippen LogP contribution in [-0.2, 0) is 4.74 Å². The number of hydrogen-bond donors (Lipinski definition) is 0. The van der Waals surface area contributed by atoms with Gasteiger partial charge in [0.2, 0.25) is 0 Å². The average Bonchev–Trinajstić information content (AvgIpc) is 3.33. The highest BCUT2D eigenvalue weighted by atomic mass is 16.5. The number of hydrogen-bond acceptors (Lipinski definition) is 1. The SMILES string of the molecule is C1CCC2(CCC2)C(C2CC(CC3CC34CCCO4)CC23CC3)C1. The molecule has 0 bridgehead atoms. The summed E-state index contributed by atoms with van der Waals surface area (Å²) >= 11 is 0. The van der Waals surface area contributed by atoms with Crippen molar-refractivity contribution in [2.24, 2.45) is 34.5 Å². The summed E-state index contributed by atoms with van der Waals surface area (Å²) in [5.74, 6) is 4.26. The van der Waals surface area contributed by atoms with Crippen LogP contribution in [0.15, 0.2) is 0 Å². The van der Waals surface area contributed by atoms with Crippen LogP contribution < -0.4 is 0 Å². The topological polar surface area (TPSA) is 9.23 Å². The predicted octanol–water partition coefficient (Wildman–Crippen LogP) is 6.11. The van der Waals surface area contributed by atoms with Gasteiger partial charge in [-0.15, -0.1) is 0 Å². The molecule has 1 saturated heterocycles. The van der Waals surface area contributed by atoms with E-state index >= 15 is 0 Å². The van der Waals surface area contributed by atoms with E-state index in [9.17, 15) is 0 Å². The zero-order chi connectivity index (χ0) is 15.8. The highest BCUT2D eigenvalue weighted by Gasteiger charge is 2.63. The zero-order valence-electron chi connectivity index (χ0n) is 15.5. The van der Waals surface area contributed by atoms with Gasteiger partial charge in [-0.3, -0.25) is 0 Å². The van der Waals surface area contributed by atoms with Gasteiger partial charge in [-0.1, -0.05) is 19.3 Å². The Labute approximate surface area is 148 Å². The van der Waals surface area contributed by atoms with E-state index in [2.05, 4.69) is 0 Å². The minimum Gasteiger partial charge on any atom is -0.375 e. The summed E-state index contributed by atoms with van der Waals surface area (Å²) in [6, 6.07) is 0. The molecule has 3 spiro atoms. The summed E-state index contributed by atoms with van der Waals surface area (Å²) in [5.41, 5.74) is 2.07. The lowest BCUT2D eigenvalue weighted by molar-refractivity contribution is -0.0394. The maximum atomic E-state index is 6.14. The highest BCUT2D eigenvalue weighted by Crippen LogP contribution is 2.72. The molecule has 0 amide bonds. The Morgan fingerprint density at radius 3 is 2.33 bits per heavy atom. The Morgan fingerprint density at radius 2 is 1.62 bits per heavy atom. The van der Waals surface area contributed by atoms with Crippen molar-refractivity contribution in [3.63, 3.8) is 0 Å². The fourth-order valence-electron chi connectivity index (χ4n) is 8.40. The molecule has 1 heterocycles. The summed E-state index contributed by atoms with van der Waals surface area (Å²) in [6.07, 6.45) is 23.0. The van der Waals surface area contributed by atoms with Crippen molar-refractivity contribution in [1.29, 1.82) is 0 Å². The van der Waals surface area contributed by atoms with Crippen LogP contribution in [0.4, 0.5) is 0 Å². The Morgan fingerprint density at radius 1 is 0.750 bits per heavy atom. The largest absolute Gasteiger partial charge is 0.375 e. The molecular weight excluding hydrogens is 292 g/mol. The summed E-state index contributed by atoms with van der Waals surface area (Å²) in [5, 5.41) is 0. The van der Waals surface area contributed by atoms with E-state index in [1.807, 2.05) is 0 Å². The van der Waals surface area contributed by atoms with Crippen LogP contribution in [0.1, 0.15) is 96.3 Å². The van der Waals surface area contributed by atoms with Crippen molar-refractivity contribution >= 4 is 0 Å². The first-order chi connectivity index (χ1) is 11.7. The lowest BCUT2D eigenvalue weighted by Gasteiger charge is -2.54. The van der Waals surface area contributed by atoms with Gasteiger partial charge in [0, 0.05) is 6.61 Å². The van der Waals surface area contributed by atoms with Gasteiger partial charge < -0.3 is 4.74 Å². The smallest absolute Gasteiger partial charge is 0.0716 e. The molecule has 1 heteroatoms. The first-order valence-corrected chi connectivity index (χ1v) is 11.4. The first kappa shape index (κ1) is 15.1. The summed E-state index contributed by atoms with van der Waals surface area (Å²) in [4.78, 5) is 0.